The number of rotatable bonds is 8. The van der Waals surface area contributed by atoms with Crippen LogP contribution in [-0.2, 0) is 11.3 Å². The third-order valence-electron chi connectivity index (χ3n) is 4.88. The number of nitrogens with zero attached hydrogens (tertiary/aromatic N) is 4. The van der Waals surface area contributed by atoms with E-state index < -0.39 is 11.0 Å². The summed E-state index contributed by atoms with van der Waals surface area (Å²) < 4.78 is 13.7. The molecule has 1 atom stereocenters. The number of benzene rings is 2. The molecular weight excluding hydrogens is 446 g/mol. The van der Waals surface area contributed by atoms with E-state index in [2.05, 4.69) is 22.1 Å². The fourth-order valence-electron chi connectivity index (χ4n) is 3.31. The topological polar surface area (TPSA) is 121 Å². The highest BCUT2D eigenvalue weighted by Crippen LogP contribution is 2.36. The molecule has 1 aliphatic heterocycles. The van der Waals surface area contributed by atoms with Crippen molar-refractivity contribution in [2.45, 2.75) is 24.7 Å². The van der Waals surface area contributed by atoms with Crippen molar-refractivity contribution in [1.82, 2.24) is 14.8 Å². The van der Waals surface area contributed by atoms with Gasteiger partial charge in [-0.15, -0.1) is 16.8 Å². The summed E-state index contributed by atoms with van der Waals surface area (Å²) in [5, 5.41) is 22.7. The van der Waals surface area contributed by atoms with E-state index >= 15 is 0 Å². The lowest BCUT2D eigenvalue weighted by Crippen LogP contribution is -2.25. The first-order valence-electron chi connectivity index (χ1n) is 10.1. The number of aromatic nitrogens is 3. The van der Waals surface area contributed by atoms with Gasteiger partial charge in [0, 0.05) is 24.4 Å². The van der Waals surface area contributed by atoms with Gasteiger partial charge in [0.2, 0.25) is 5.91 Å². The number of para-hydroxylation sites is 2. The quantitative estimate of drug-likeness (QED) is 0.229. The molecule has 2 heterocycles. The van der Waals surface area contributed by atoms with E-state index in [1.165, 1.54) is 30.0 Å². The number of hydrogen-bond acceptors (Lipinski definition) is 8. The average Bonchev–Trinajstić information content (AvgIpc) is 3.21. The van der Waals surface area contributed by atoms with Gasteiger partial charge >= 0.3 is 0 Å². The molecule has 33 heavy (non-hydrogen) atoms. The van der Waals surface area contributed by atoms with Gasteiger partial charge in [-0.2, -0.15) is 0 Å². The number of carbonyl (C=O) groups is 1. The molecule has 1 unspecified atom stereocenters. The maximum atomic E-state index is 12.5. The monoisotopic (exact) mass is 467 g/mol. The number of aryl methyl sites for hydroxylation is 1. The number of fused-ring (bicyclic) bond motifs is 1. The van der Waals surface area contributed by atoms with Crippen molar-refractivity contribution < 1.29 is 19.2 Å². The number of hydrogen-bond donors (Lipinski definition) is 1. The molecule has 170 valence electrons. The second-order valence-corrected chi connectivity index (χ2v) is 8.14. The zero-order valence-electron chi connectivity index (χ0n) is 17.8. The fraction of sp³-hybridized carbons (Fsp3) is 0.227. The van der Waals surface area contributed by atoms with Gasteiger partial charge in [-0.1, -0.05) is 30.0 Å². The smallest absolute Gasteiger partial charge is 0.269 e. The summed E-state index contributed by atoms with van der Waals surface area (Å²) in [6, 6.07) is 11.7. The standard InChI is InChI=1S/C22H21N5O5S/c1-3-10-26-21(19-12-31-17-6-4-5-7-18(17)32-19)24-25-22(26)33-13-20(28)23-16-9-8-15(27(29)30)11-14(16)2/h3-9,11,19H,1,10,12-13H2,2H3,(H,23,28). The van der Waals surface area contributed by atoms with Gasteiger partial charge in [0.25, 0.3) is 5.69 Å². The third-order valence-corrected chi connectivity index (χ3v) is 5.85. The van der Waals surface area contributed by atoms with Crippen LogP contribution in [0.5, 0.6) is 11.5 Å². The van der Waals surface area contributed by atoms with Crippen LogP contribution in [-0.4, -0.2) is 38.0 Å². The lowest BCUT2D eigenvalue weighted by atomic mass is 10.2. The largest absolute Gasteiger partial charge is 0.485 e. The highest BCUT2D eigenvalue weighted by Gasteiger charge is 2.28. The predicted molar refractivity (Wildman–Crippen MR) is 123 cm³/mol. The minimum Gasteiger partial charge on any atom is -0.485 e. The summed E-state index contributed by atoms with van der Waals surface area (Å²) in [5.74, 6) is 1.71. The van der Waals surface area contributed by atoms with Crippen LogP contribution in [0.2, 0.25) is 0 Å². The second kappa shape index (κ2) is 9.74. The average molecular weight is 468 g/mol. The summed E-state index contributed by atoms with van der Waals surface area (Å²) >= 11 is 1.22. The molecule has 2 aromatic carbocycles. The first-order valence-corrected chi connectivity index (χ1v) is 11.0. The Labute approximate surface area is 193 Å². The Bertz CT molecular complexity index is 1210. The lowest BCUT2D eigenvalue weighted by Gasteiger charge is -2.26. The van der Waals surface area contributed by atoms with Gasteiger partial charge in [0.15, 0.2) is 28.6 Å². The Morgan fingerprint density at radius 2 is 2.12 bits per heavy atom. The minimum absolute atomic E-state index is 0.0264. The first-order chi connectivity index (χ1) is 16.0. The number of anilines is 1. The van der Waals surface area contributed by atoms with Gasteiger partial charge in [0.1, 0.15) is 6.61 Å². The molecule has 0 spiro atoms. The van der Waals surface area contributed by atoms with Gasteiger partial charge in [-0.25, -0.2) is 0 Å². The molecule has 10 nitrogen and oxygen atoms in total. The molecule has 3 aromatic rings. The molecular formula is C22H21N5O5S. The summed E-state index contributed by atoms with van der Waals surface area (Å²) in [7, 11) is 0. The zero-order valence-corrected chi connectivity index (χ0v) is 18.6. The maximum Gasteiger partial charge on any atom is 0.269 e. The van der Waals surface area contributed by atoms with Gasteiger partial charge in [0.05, 0.1) is 10.7 Å². The molecule has 1 aliphatic rings. The highest BCUT2D eigenvalue weighted by atomic mass is 32.2. The van der Waals surface area contributed by atoms with E-state index in [9.17, 15) is 14.9 Å². The number of nitro benzene ring substituents is 1. The third kappa shape index (κ3) is 4.98. The molecule has 1 N–H and O–H groups in total. The molecule has 0 aliphatic carbocycles. The Kier molecular flexibility index (Phi) is 6.59. The molecule has 0 saturated heterocycles. The van der Waals surface area contributed by atoms with Crippen molar-refractivity contribution in [2.75, 3.05) is 17.7 Å². The Hall–Kier alpha value is -3.86. The van der Waals surface area contributed by atoms with Crippen LogP contribution >= 0.6 is 11.8 Å². The predicted octanol–water partition coefficient (Wildman–Crippen LogP) is 3.92. The SMILES string of the molecule is C=CCn1c(SCC(=O)Nc2ccc([N+](=O)[O-])cc2C)nnc1C1COc2ccccc2O1. The van der Waals surface area contributed by atoms with Crippen LogP contribution in [0.15, 0.2) is 60.3 Å². The number of non-ortho nitro benzene ring substituents is 1. The van der Waals surface area contributed by atoms with Gasteiger partial charge in [-0.3, -0.25) is 19.5 Å². The van der Waals surface area contributed by atoms with Crippen molar-refractivity contribution >= 4 is 29.0 Å². The Balaban J connectivity index is 1.43. The van der Waals surface area contributed by atoms with Crippen molar-refractivity contribution in [3.63, 3.8) is 0 Å². The van der Waals surface area contributed by atoms with Crippen LogP contribution < -0.4 is 14.8 Å². The Morgan fingerprint density at radius 1 is 1.33 bits per heavy atom. The number of allylic oxidation sites excluding steroid dienone is 1. The van der Waals surface area contributed by atoms with Crippen LogP contribution in [0.4, 0.5) is 11.4 Å². The summed E-state index contributed by atoms with van der Waals surface area (Å²) in [6.45, 7) is 6.22. The van der Waals surface area contributed by atoms with E-state index in [1.807, 2.05) is 28.8 Å². The summed E-state index contributed by atoms with van der Waals surface area (Å²) in [4.78, 5) is 22.9. The number of carbonyl (C=O) groups excluding carboxylic acids is 1. The number of ether oxygens (including phenoxy) is 2. The number of amides is 1. The normalized spacial score (nSPS) is 14.5. The molecule has 0 saturated carbocycles. The Morgan fingerprint density at radius 3 is 2.85 bits per heavy atom. The van der Waals surface area contributed by atoms with Crippen molar-refractivity contribution in [3.8, 4) is 11.5 Å². The number of thioether (sulfide) groups is 1. The summed E-state index contributed by atoms with van der Waals surface area (Å²) in [6.07, 6.45) is 1.27. The summed E-state index contributed by atoms with van der Waals surface area (Å²) in [5.41, 5.74) is 1.10. The van der Waals surface area contributed by atoms with Crippen molar-refractivity contribution in [1.29, 1.82) is 0 Å². The highest BCUT2D eigenvalue weighted by molar-refractivity contribution is 7.99. The van der Waals surface area contributed by atoms with Gasteiger partial charge in [-0.05, 0) is 30.7 Å². The molecule has 0 radical (unpaired) electrons. The van der Waals surface area contributed by atoms with E-state index in [1.54, 1.807) is 13.0 Å². The van der Waals surface area contributed by atoms with Crippen LogP contribution in [0, 0.1) is 17.0 Å². The molecule has 4 rings (SSSR count). The van der Waals surface area contributed by atoms with E-state index in [-0.39, 0.29) is 24.0 Å². The molecule has 11 heteroatoms. The second-order valence-electron chi connectivity index (χ2n) is 7.20. The first kappa shape index (κ1) is 22.3. The number of nitrogens with one attached hydrogen (secondary N) is 1. The lowest BCUT2D eigenvalue weighted by molar-refractivity contribution is -0.384. The van der Waals surface area contributed by atoms with E-state index in [0.717, 1.165) is 0 Å². The van der Waals surface area contributed by atoms with Crippen molar-refractivity contribution in [3.05, 3.63) is 76.6 Å². The zero-order chi connectivity index (χ0) is 23.4. The molecule has 0 bridgehead atoms. The molecule has 0 fully saturated rings. The molecule has 1 amide bonds. The fourth-order valence-corrected chi connectivity index (χ4v) is 4.07. The van der Waals surface area contributed by atoms with E-state index in [4.69, 9.17) is 9.47 Å². The number of nitro groups is 1. The van der Waals surface area contributed by atoms with Crippen LogP contribution in [0.3, 0.4) is 0 Å². The van der Waals surface area contributed by atoms with Crippen molar-refractivity contribution in [2.24, 2.45) is 0 Å². The van der Waals surface area contributed by atoms with Crippen LogP contribution in [0.25, 0.3) is 0 Å². The molecule has 1 aromatic heterocycles. The maximum absolute atomic E-state index is 12.5. The van der Waals surface area contributed by atoms with Gasteiger partial charge < -0.3 is 14.8 Å². The van der Waals surface area contributed by atoms with Crippen LogP contribution in [0.1, 0.15) is 17.5 Å². The minimum atomic E-state index is -0.474. The van der Waals surface area contributed by atoms with E-state index in [0.29, 0.717) is 40.3 Å².